The van der Waals surface area contributed by atoms with E-state index >= 15 is 0 Å². The Bertz CT molecular complexity index is 1090. The first-order chi connectivity index (χ1) is 15.2. The molecule has 0 saturated carbocycles. The molecule has 0 fully saturated rings. The number of fused-ring (bicyclic) bond motifs is 1. The number of ether oxygens (including phenoxy) is 2. The third-order valence-corrected chi connectivity index (χ3v) is 5.07. The van der Waals surface area contributed by atoms with Gasteiger partial charge in [0.25, 0.3) is 0 Å². The van der Waals surface area contributed by atoms with Crippen molar-refractivity contribution in [1.29, 1.82) is 0 Å². The average molecular weight is 420 g/mol. The van der Waals surface area contributed by atoms with Crippen LogP contribution in [0.1, 0.15) is 23.4 Å². The van der Waals surface area contributed by atoms with Gasteiger partial charge in [0.15, 0.2) is 11.5 Å². The number of nitrogens with zero attached hydrogens (tertiary/aromatic N) is 1. The number of rotatable bonds is 10. The summed E-state index contributed by atoms with van der Waals surface area (Å²) in [5, 5.41) is 3.47. The minimum absolute atomic E-state index is 0.254. The van der Waals surface area contributed by atoms with Gasteiger partial charge in [0, 0.05) is 13.0 Å². The molecular weight excluding hydrogens is 393 g/mol. The first-order valence-corrected chi connectivity index (χ1v) is 10.4. The molecule has 6 heteroatoms. The Kier molecular flexibility index (Phi) is 6.79. The van der Waals surface area contributed by atoms with Crippen LogP contribution in [0.3, 0.4) is 0 Å². The highest BCUT2D eigenvalue weighted by molar-refractivity contribution is 5.74. The Morgan fingerprint density at radius 3 is 2.58 bits per heavy atom. The number of aryl methyl sites for hydroxylation is 1. The summed E-state index contributed by atoms with van der Waals surface area (Å²) < 4.78 is 24.4. The fraction of sp³-hybridized carbons (Fsp3) is 0.240. The van der Waals surface area contributed by atoms with Crippen LogP contribution in [-0.2, 0) is 19.6 Å². The molecule has 4 aromatic rings. The Morgan fingerprint density at radius 1 is 0.968 bits per heavy atom. The van der Waals surface area contributed by atoms with Crippen LogP contribution in [-0.4, -0.2) is 23.6 Å². The molecule has 1 heterocycles. The number of hydrogen-bond donors (Lipinski definition) is 2. The van der Waals surface area contributed by atoms with Gasteiger partial charge in [0.1, 0.15) is 18.2 Å². The highest BCUT2D eigenvalue weighted by Crippen LogP contribution is 2.29. The molecule has 2 N–H and O–H groups in total. The van der Waals surface area contributed by atoms with E-state index in [9.17, 15) is 4.39 Å². The fourth-order valence-corrected chi connectivity index (χ4v) is 3.42. The maximum atomic E-state index is 13.0. The molecule has 4 rings (SSSR count). The van der Waals surface area contributed by atoms with Crippen LogP contribution in [0.15, 0.2) is 66.7 Å². The van der Waals surface area contributed by atoms with Crippen LogP contribution < -0.4 is 14.8 Å². The number of methoxy groups -OCH3 is 1. The Labute approximate surface area is 181 Å². The molecule has 0 amide bonds. The van der Waals surface area contributed by atoms with Crippen LogP contribution in [0.25, 0.3) is 11.0 Å². The van der Waals surface area contributed by atoms with Gasteiger partial charge in [-0.1, -0.05) is 30.3 Å². The number of aromatic amines is 1. The predicted octanol–water partition coefficient (Wildman–Crippen LogP) is 5.01. The summed E-state index contributed by atoms with van der Waals surface area (Å²) in [7, 11) is 1.63. The topological polar surface area (TPSA) is 59.2 Å². The molecule has 0 unspecified atom stereocenters. The molecule has 0 aliphatic carbocycles. The predicted molar refractivity (Wildman–Crippen MR) is 120 cm³/mol. The summed E-state index contributed by atoms with van der Waals surface area (Å²) in [6, 6.07) is 20.3. The lowest BCUT2D eigenvalue weighted by Gasteiger charge is -2.13. The molecule has 0 aliphatic rings. The van der Waals surface area contributed by atoms with E-state index in [4.69, 9.17) is 9.47 Å². The van der Waals surface area contributed by atoms with E-state index in [0.29, 0.717) is 18.1 Å². The molecule has 160 valence electrons. The second-order valence-corrected chi connectivity index (χ2v) is 7.38. The lowest BCUT2D eigenvalue weighted by molar-refractivity contribution is 0.284. The molecule has 0 radical (unpaired) electrons. The normalized spacial score (nSPS) is 11.0. The van der Waals surface area contributed by atoms with Crippen molar-refractivity contribution >= 4 is 11.0 Å². The van der Waals surface area contributed by atoms with Gasteiger partial charge >= 0.3 is 0 Å². The molecular formula is C25H26FN3O2. The number of imidazole rings is 1. The lowest BCUT2D eigenvalue weighted by atomic mass is 10.2. The number of hydrogen-bond acceptors (Lipinski definition) is 4. The van der Waals surface area contributed by atoms with Crippen LogP contribution in [0.2, 0.25) is 0 Å². The number of nitrogens with one attached hydrogen (secondary N) is 2. The third-order valence-electron chi connectivity index (χ3n) is 5.07. The quantitative estimate of drug-likeness (QED) is 0.355. The van der Waals surface area contributed by atoms with Crippen molar-refractivity contribution in [3.63, 3.8) is 0 Å². The van der Waals surface area contributed by atoms with Gasteiger partial charge in [-0.05, 0) is 60.5 Å². The number of para-hydroxylation sites is 2. The van der Waals surface area contributed by atoms with Crippen molar-refractivity contribution in [3.05, 3.63) is 89.5 Å². The molecule has 0 saturated heterocycles. The summed E-state index contributed by atoms with van der Waals surface area (Å²) in [6.45, 7) is 1.99. The summed E-state index contributed by atoms with van der Waals surface area (Å²) in [4.78, 5) is 7.98. The van der Waals surface area contributed by atoms with E-state index in [-0.39, 0.29) is 5.82 Å². The molecule has 0 bridgehead atoms. The van der Waals surface area contributed by atoms with Crippen LogP contribution >= 0.6 is 0 Å². The minimum atomic E-state index is -0.254. The van der Waals surface area contributed by atoms with E-state index in [0.717, 1.165) is 53.9 Å². The number of aromatic nitrogens is 2. The summed E-state index contributed by atoms with van der Waals surface area (Å²) in [5.41, 5.74) is 4.12. The third kappa shape index (κ3) is 5.61. The summed E-state index contributed by atoms with van der Waals surface area (Å²) >= 11 is 0. The fourth-order valence-electron chi connectivity index (χ4n) is 3.42. The number of halogens is 1. The molecule has 3 aromatic carbocycles. The average Bonchev–Trinajstić information content (AvgIpc) is 3.21. The smallest absolute Gasteiger partial charge is 0.161 e. The lowest BCUT2D eigenvalue weighted by Crippen LogP contribution is -2.15. The van der Waals surface area contributed by atoms with Crippen LogP contribution in [0.4, 0.5) is 4.39 Å². The summed E-state index contributed by atoms with van der Waals surface area (Å²) in [5.74, 6) is 2.12. The van der Waals surface area contributed by atoms with Gasteiger partial charge in [-0.3, -0.25) is 0 Å². The van der Waals surface area contributed by atoms with Crippen molar-refractivity contribution in [2.75, 3.05) is 13.7 Å². The van der Waals surface area contributed by atoms with Crippen molar-refractivity contribution in [1.82, 2.24) is 15.3 Å². The highest BCUT2D eigenvalue weighted by Gasteiger charge is 2.07. The Balaban J connectivity index is 1.24. The van der Waals surface area contributed by atoms with Crippen molar-refractivity contribution in [3.8, 4) is 11.5 Å². The van der Waals surface area contributed by atoms with Gasteiger partial charge < -0.3 is 19.8 Å². The van der Waals surface area contributed by atoms with Crippen molar-refractivity contribution < 1.29 is 13.9 Å². The monoisotopic (exact) mass is 419 g/mol. The minimum Gasteiger partial charge on any atom is -0.493 e. The SMILES string of the molecule is COc1cc(CNCCCc2nc3ccccc3[nH]2)ccc1OCc1ccc(F)cc1. The van der Waals surface area contributed by atoms with E-state index in [1.807, 2.05) is 42.5 Å². The zero-order chi connectivity index (χ0) is 21.5. The highest BCUT2D eigenvalue weighted by atomic mass is 19.1. The van der Waals surface area contributed by atoms with Gasteiger partial charge in [-0.25, -0.2) is 9.37 Å². The van der Waals surface area contributed by atoms with E-state index in [1.54, 1.807) is 19.2 Å². The largest absolute Gasteiger partial charge is 0.493 e. The van der Waals surface area contributed by atoms with Crippen molar-refractivity contribution in [2.45, 2.75) is 26.0 Å². The second-order valence-electron chi connectivity index (χ2n) is 7.38. The van der Waals surface area contributed by atoms with Gasteiger partial charge in [-0.15, -0.1) is 0 Å². The maximum Gasteiger partial charge on any atom is 0.161 e. The zero-order valence-corrected chi connectivity index (χ0v) is 17.5. The summed E-state index contributed by atoms with van der Waals surface area (Å²) in [6.07, 6.45) is 1.90. The van der Waals surface area contributed by atoms with E-state index in [2.05, 4.69) is 15.3 Å². The number of H-pyrrole nitrogens is 1. The zero-order valence-electron chi connectivity index (χ0n) is 17.5. The van der Waals surface area contributed by atoms with Crippen LogP contribution in [0, 0.1) is 5.82 Å². The van der Waals surface area contributed by atoms with E-state index in [1.165, 1.54) is 12.1 Å². The molecule has 1 aromatic heterocycles. The van der Waals surface area contributed by atoms with E-state index < -0.39 is 0 Å². The molecule has 0 aliphatic heterocycles. The van der Waals surface area contributed by atoms with Gasteiger partial charge in [-0.2, -0.15) is 0 Å². The Morgan fingerprint density at radius 2 is 1.77 bits per heavy atom. The first-order valence-electron chi connectivity index (χ1n) is 10.4. The van der Waals surface area contributed by atoms with Gasteiger partial charge in [0.05, 0.1) is 18.1 Å². The second kappa shape index (κ2) is 10.1. The molecule has 0 spiro atoms. The van der Waals surface area contributed by atoms with Crippen LogP contribution in [0.5, 0.6) is 11.5 Å². The van der Waals surface area contributed by atoms with Crippen molar-refractivity contribution in [2.24, 2.45) is 0 Å². The molecule has 31 heavy (non-hydrogen) atoms. The Hall–Kier alpha value is -3.38. The number of benzene rings is 3. The molecule has 0 atom stereocenters. The standard InChI is InChI=1S/C25H26FN3O2/c1-30-24-15-19(10-13-23(24)31-17-18-8-11-20(26)12-9-18)16-27-14-4-7-25-28-21-5-2-3-6-22(21)29-25/h2-3,5-6,8-13,15,27H,4,7,14,16-17H2,1H3,(H,28,29). The first kappa shape index (κ1) is 20.9. The van der Waals surface area contributed by atoms with Gasteiger partial charge in [0.2, 0.25) is 0 Å². The maximum absolute atomic E-state index is 13.0. The molecule has 5 nitrogen and oxygen atoms in total.